The molecule has 0 fully saturated rings. The second kappa shape index (κ2) is 7.39. The van der Waals surface area contributed by atoms with Gasteiger partial charge < -0.3 is 14.6 Å². The Kier molecular flexibility index (Phi) is 6.13. The van der Waals surface area contributed by atoms with Gasteiger partial charge in [0.25, 0.3) is 0 Å². The van der Waals surface area contributed by atoms with Crippen molar-refractivity contribution in [3.8, 4) is 5.75 Å². The molecule has 0 radical (unpaired) electrons. The van der Waals surface area contributed by atoms with Gasteiger partial charge in [-0.15, -0.1) is 0 Å². The summed E-state index contributed by atoms with van der Waals surface area (Å²) in [7, 11) is -2.17. The number of aryl methyl sites for hydroxylation is 2. The van der Waals surface area contributed by atoms with E-state index in [-0.39, 0.29) is 18.0 Å². The minimum atomic E-state index is -3.68. The fourth-order valence-electron chi connectivity index (χ4n) is 1.93. The maximum atomic E-state index is 12.2. The first-order valence-corrected chi connectivity index (χ1v) is 7.70. The average Bonchev–Trinajstić information content (AvgIpc) is 2.36. The van der Waals surface area contributed by atoms with E-state index in [4.69, 9.17) is 14.6 Å². The van der Waals surface area contributed by atoms with Gasteiger partial charge in [0.15, 0.2) is 0 Å². The second-order valence-electron chi connectivity index (χ2n) is 4.43. The average molecular weight is 317 g/mol. The topological polar surface area (TPSA) is 102 Å². The van der Waals surface area contributed by atoms with E-state index in [0.717, 1.165) is 0 Å². The molecule has 0 heterocycles. The zero-order valence-corrected chi connectivity index (χ0v) is 13.0. The number of aliphatic carboxylic acids is 1. The van der Waals surface area contributed by atoms with Crippen LogP contribution in [0, 0.1) is 13.8 Å². The third-order valence-electron chi connectivity index (χ3n) is 2.70. The van der Waals surface area contributed by atoms with Crippen LogP contribution in [0.5, 0.6) is 5.75 Å². The Morgan fingerprint density at radius 1 is 1.29 bits per heavy atom. The number of sulfonamides is 1. The summed E-state index contributed by atoms with van der Waals surface area (Å²) in [5, 5.41) is 8.40. The number of methoxy groups -OCH3 is 1. The van der Waals surface area contributed by atoms with Crippen LogP contribution < -0.4 is 9.46 Å². The van der Waals surface area contributed by atoms with Gasteiger partial charge in [-0.3, -0.25) is 0 Å². The molecule has 0 aliphatic heterocycles. The molecule has 0 unspecified atom stereocenters. The Labute approximate surface area is 123 Å². The zero-order chi connectivity index (χ0) is 16.0. The first kappa shape index (κ1) is 17.4. The molecule has 0 saturated carbocycles. The molecule has 0 bridgehead atoms. The molecule has 0 aromatic heterocycles. The number of carboxylic acid groups (broad SMARTS) is 1. The Bertz CT molecular complexity index is 588. The van der Waals surface area contributed by atoms with Crippen molar-refractivity contribution in [3.05, 3.63) is 23.3 Å². The number of nitrogens with one attached hydrogen (secondary N) is 1. The van der Waals surface area contributed by atoms with Gasteiger partial charge in [-0.05, 0) is 37.1 Å². The number of benzene rings is 1. The number of carboxylic acids is 1. The summed E-state index contributed by atoms with van der Waals surface area (Å²) in [5.41, 5.74) is 1.15. The summed E-state index contributed by atoms with van der Waals surface area (Å²) in [4.78, 5) is 10.5. The molecule has 0 aliphatic carbocycles. The summed E-state index contributed by atoms with van der Waals surface area (Å²) in [6, 6.07) is 3.28. The lowest BCUT2D eigenvalue weighted by molar-refractivity contribution is -0.142. The molecular formula is C13H19NO6S. The number of hydrogen-bond acceptors (Lipinski definition) is 5. The minimum absolute atomic E-state index is 0.000518. The smallest absolute Gasteiger partial charge is 0.329 e. The summed E-state index contributed by atoms with van der Waals surface area (Å²) in [5.74, 6) is -0.506. The van der Waals surface area contributed by atoms with Crippen molar-refractivity contribution in [2.24, 2.45) is 0 Å². The summed E-state index contributed by atoms with van der Waals surface area (Å²) < 4.78 is 36.7. The number of rotatable bonds is 8. The van der Waals surface area contributed by atoms with Gasteiger partial charge >= 0.3 is 5.97 Å². The molecule has 0 aliphatic rings. The fraction of sp³-hybridized carbons (Fsp3) is 0.462. The normalized spacial score (nSPS) is 11.4. The van der Waals surface area contributed by atoms with Crippen LogP contribution in [0.25, 0.3) is 0 Å². The molecule has 118 valence electrons. The van der Waals surface area contributed by atoms with Crippen LogP contribution in [0.2, 0.25) is 0 Å². The van der Waals surface area contributed by atoms with E-state index < -0.39 is 22.6 Å². The van der Waals surface area contributed by atoms with Gasteiger partial charge in [-0.2, -0.15) is 0 Å². The summed E-state index contributed by atoms with van der Waals surface area (Å²) >= 11 is 0. The van der Waals surface area contributed by atoms with Crippen LogP contribution in [-0.4, -0.2) is 46.4 Å². The monoisotopic (exact) mass is 317 g/mol. The van der Waals surface area contributed by atoms with E-state index in [1.165, 1.54) is 7.11 Å². The van der Waals surface area contributed by atoms with Crippen LogP contribution in [-0.2, 0) is 19.6 Å². The van der Waals surface area contributed by atoms with Crippen molar-refractivity contribution in [1.82, 2.24) is 4.72 Å². The number of ether oxygens (including phenoxy) is 2. The molecule has 1 aromatic carbocycles. The second-order valence-corrected chi connectivity index (χ2v) is 6.14. The number of hydrogen-bond donors (Lipinski definition) is 2. The molecular weight excluding hydrogens is 298 g/mol. The third-order valence-corrected chi connectivity index (χ3v) is 4.47. The Morgan fingerprint density at radius 3 is 2.33 bits per heavy atom. The van der Waals surface area contributed by atoms with E-state index in [9.17, 15) is 13.2 Å². The largest absolute Gasteiger partial charge is 0.497 e. The molecule has 8 heteroatoms. The molecule has 1 aromatic rings. The predicted octanol–water partition coefficient (Wildman–Crippen LogP) is 0.692. The highest BCUT2D eigenvalue weighted by atomic mass is 32.2. The van der Waals surface area contributed by atoms with Crippen LogP contribution in [0.1, 0.15) is 11.1 Å². The molecule has 0 amide bonds. The number of carbonyl (C=O) groups is 1. The van der Waals surface area contributed by atoms with Gasteiger partial charge in [-0.25, -0.2) is 17.9 Å². The van der Waals surface area contributed by atoms with Crippen molar-refractivity contribution in [2.75, 3.05) is 26.9 Å². The summed E-state index contributed by atoms with van der Waals surface area (Å²) in [6.45, 7) is 2.90. The predicted molar refractivity (Wildman–Crippen MR) is 76.1 cm³/mol. The highest BCUT2D eigenvalue weighted by Crippen LogP contribution is 2.25. The fourth-order valence-corrected chi connectivity index (χ4v) is 3.39. The molecule has 0 spiro atoms. The van der Waals surface area contributed by atoms with Crippen molar-refractivity contribution >= 4 is 16.0 Å². The highest BCUT2D eigenvalue weighted by Gasteiger charge is 2.20. The maximum absolute atomic E-state index is 12.2. The van der Waals surface area contributed by atoms with Crippen molar-refractivity contribution < 1.29 is 27.8 Å². The van der Waals surface area contributed by atoms with Gasteiger partial charge in [0, 0.05) is 6.54 Å². The van der Waals surface area contributed by atoms with Gasteiger partial charge in [0.1, 0.15) is 12.4 Å². The van der Waals surface area contributed by atoms with Crippen LogP contribution >= 0.6 is 0 Å². The van der Waals surface area contributed by atoms with E-state index in [1.807, 2.05) is 0 Å². The third kappa shape index (κ3) is 5.00. The van der Waals surface area contributed by atoms with Gasteiger partial charge in [-0.1, -0.05) is 0 Å². The van der Waals surface area contributed by atoms with E-state index in [2.05, 4.69) is 4.72 Å². The Balaban J connectivity index is 2.77. The molecule has 21 heavy (non-hydrogen) atoms. The van der Waals surface area contributed by atoms with Gasteiger partial charge in [0.05, 0.1) is 18.6 Å². The minimum Gasteiger partial charge on any atom is -0.497 e. The highest BCUT2D eigenvalue weighted by molar-refractivity contribution is 7.89. The van der Waals surface area contributed by atoms with Crippen molar-refractivity contribution in [1.29, 1.82) is 0 Å². The molecule has 0 atom stereocenters. The molecule has 7 nitrogen and oxygen atoms in total. The summed E-state index contributed by atoms with van der Waals surface area (Å²) in [6.07, 6.45) is 0. The van der Waals surface area contributed by atoms with Crippen LogP contribution in [0.3, 0.4) is 0 Å². The molecule has 0 saturated heterocycles. The maximum Gasteiger partial charge on any atom is 0.329 e. The van der Waals surface area contributed by atoms with Crippen LogP contribution in [0.15, 0.2) is 17.0 Å². The van der Waals surface area contributed by atoms with Crippen molar-refractivity contribution in [2.45, 2.75) is 18.7 Å². The van der Waals surface area contributed by atoms with E-state index in [1.54, 1.807) is 26.0 Å². The van der Waals surface area contributed by atoms with Gasteiger partial charge in [0.2, 0.25) is 10.0 Å². The quantitative estimate of drug-likeness (QED) is 0.684. The van der Waals surface area contributed by atoms with Crippen molar-refractivity contribution in [3.63, 3.8) is 0 Å². The Morgan fingerprint density at radius 2 is 1.86 bits per heavy atom. The van der Waals surface area contributed by atoms with E-state index in [0.29, 0.717) is 16.9 Å². The molecule has 2 N–H and O–H groups in total. The lowest BCUT2D eigenvalue weighted by Crippen LogP contribution is -2.29. The molecule has 1 rings (SSSR count). The standard InChI is InChI=1S/C13H19NO6S/c1-9-6-11(19-3)7-10(2)13(9)21(17,18)14-4-5-20-8-12(15)16/h6-7,14H,4-5,8H2,1-3H3,(H,15,16). The lowest BCUT2D eigenvalue weighted by Gasteiger charge is -2.13. The first-order valence-electron chi connectivity index (χ1n) is 6.22. The Hall–Kier alpha value is -1.64. The van der Waals surface area contributed by atoms with Crippen LogP contribution in [0.4, 0.5) is 0 Å². The zero-order valence-electron chi connectivity index (χ0n) is 12.2. The lowest BCUT2D eigenvalue weighted by atomic mass is 10.1. The first-order chi connectivity index (χ1) is 9.77. The van der Waals surface area contributed by atoms with E-state index >= 15 is 0 Å². The SMILES string of the molecule is COc1cc(C)c(S(=O)(=O)NCCOCC(=O)O)c(C)c1.